The Bertz CT molecular complexity index is 638. The fourth-order valence-electron chi connectivity index (χ4n) is 2.68. The maximum absolute atomic E-state index is 5.91. The van der Waals surface area contributed by atoms with Crippen LogP contribution in [0.1, 0.15) is 37.3 Å². The summed E-state index contributed by atoms with van der Waals surface area (Å²) in [5.41, 5.74) is 0.0267. The Morgan fingerprint density at radius 2 is 1.78 bits per heavy atom. The molecule has 0 bridgehead atoms. The van der Waals surface area contributed by atoms with Crippen LogP contribution in [0.2, 0.25) is 0 Å². The minimum absolute atomic E-state index is 0.0267. The third kappa shape index (κ3) is 4.66. The number of piperazine rings is 1. The highest BCUT2D eigenvalue weighted by Crippen LogP contribution is 2.25. The van der Waals surface area contributed by atoms with Crippen molar-refractivity contribution in [2.24, 2.45) is 0 Å². The number of rotatable bonds is 4. The van der Waals surface area contributed by atoms with Gasteiger partial charge in [-0.05, 0) is 28.1 Å². The smallest absolute Gasteiger partial charge is 0.208 e. The summed E-state index contributed by atoms with van der Waals surface area (Å²) in [5.74, 6) is 1.81. The zero-order valence-electron chi connectivity index (χ0n) is 14.0. The van der Waals surface area contributed by atoms with Gasteiger partial charge in [-0.3, -0.25) is 9.80 Å². The summed E-state index contributed by atoms with van der Waals surface area (Å²) >= 11 is 5.36. The molecule has 1 aliphatic heterocycles. The van der Waals surface area contributed by atoms with Crippen LogP contribution in [0.5, 0.6) is 0 Å². The highest BCUT2D eigenvalue weighted by atomic mass is 79.9. The zero-order chi connectivity index (χ0) is 16.4. The van der Waals surface area contributed by atoms with E-state index in [-0.39, 0.29) is 5.41 Å². The molecule has 3 rings (SSSR count). The highest BCUT2D eigenvalue weighted by Gasteiger charge is 2.22. The molecule has 6 heteroatoms. The Hall–Kier alpha value is -0.690. The maximum Gasteiger partial charge on any atom is 0.208 e. The van der Waals surface area contributed by atoms with Crippen LogP contribution < -0.4 is 0 Å². The van der Waals surface area contributed by atoms with E-state index in [1.165, 1.54) is 8.66 Å². The summed E-state index contributed by atoms with van der Waals surface area (Å²) in [4.78, 5) is 10.8. The van der Waals surface area contributed by atoms with Crippen molar-refractivity contribution in [3.8, 4) is 0 Å². The van der Waals surface area contributed by atoms with Crippen molar-refractivity contribution in [2.75, 3.05) is 26.2 Å². The SMILES string of the molecule is CC(C)(C)c1cnc(CN2CCN(Cc3ccc(Br)s3)CC2)o1. The second kappa shape index (κ2) is 7.05. The van der Waals surface area contributed by atoms with E-state index < -0.39 is 0 Å². The second-order valence-electron chi connectivity index (χ2n) is 7.13. The number of thiophene rings is 1. The van der Waals surface area contributed by atoms with Gasteiger partial charge in [-0.25, -0.2) is 4.98 Å². The Morgan fingerprint density at radius 1 is 1.13 bits per heavy atom. The summed E-state index contributed by atoms with van der Waals surface area (Å²) in [6, 6.07) is 4.34. The van der Waals surface area contributed by atoms with Gasteiger partial charge >= 0.3 is 0 Å². The average molecular weight is 398 g/mol. The van der Waals surface area contributed by atoms with Crippen LogP contribution in [-0.2, 0) is 18.5 Å². The lowest BCUT2D eigenvalue weighted by molar-refractivity contribution is 0.114. The van der Waals surface area contributed by atoms with Gasteiger partial charge in [0, 0.05) is 43.0 Å². The van der Waals surface area contributed by atoms with E-state index in [0.717, 1.165) is 50.9 Å². The normalized spacial score (nSPS) is 17.7. The van der Waals surface area contributed by atoms with Gasteiger partial charge in [0.1, 0.15) is 5.76 Å². The Balaban J connectivity index is 1.48. The number of aromatic nitrogens is 1. The van der Waals surface area contributed by atoms with Crippen LogP contribution in [0, 0.1) is 0 Å². The minimum atomic E-state index is 0.0267. The number of nitrogens with zero attached hydrogens (tertiary/aromatic N) is 3. The molecule has 0 atom stereocenters. The molecule has 0 aromatic carbocycles. The van der Waals surface area contributed by atoms with E-state index in [0.29, 0.717) is 0 Å². The van der Waals surface area contributed by atoms with E-state index in [4.69, 9.17) is 4.42 Å². The average Bonchev–Trinajstić information content (AvgIpc) is 3.10. The quantitative estimate of drug-likeness (QED) is 0.776. The van der Waals surface area contributed by atoms with E-state index in [9.17, 15) is 0 Å². The van der Waals surface area contributed by atoms with Gasteiger partial charge in [0.05, 0.1) is 16.5 Å². The van der Waals surface area contributed by atoms with Crippen molar-refractivity contribution in [1.29, 1.82) is 0 Å². The van der Waals surface area contributed by atoms with Crippen molar-refractivity contribution in [3.05, 3.63) is 38.6 Å². The molecule has 0 aliphatic carbocycles. The molecule has 0 amide bonds. The number of hydrogen-bond donors (Lipinski definition) is 0. The molecule has 1 saturated heterocycles. The van der Waals surface area contributed by atoms with Crippen LogP contribution in [-0.4, -0.2) is 41.0 Å². The van der Waals surface area contributed by atoms with Gasteiger partial charge in [-0.1, -0.05) is 20.8 Å². The number of hydrogen-bond acceptors (Lipinski definition) is 5. The van der Waals surface area contributed by atoms with Crippen LogP contribution in [0.3, 0.4) is 0 Å². The third-order valence-corrected chi connectivity index (χ3v) is 5.73. The van der Waals surface area contributed by atoms with Crippen molar-refractivity contribution < 1.29 is 4.42 Å². The third-order valence-electron chi connectivity index (χ3n) is 4.12. The highest BCUT2D eigenvalue weighted by molar-refractivity contribution is 9.11. The summed E-state index contributed by atoms with van der Waals surface area (Å²) < 4.78 is 7.12. The van der Waals surface area contributed by atoms with E-state index in [2.05, 4.69) is 63.6 Å². The van der Waals surface area contributed by atoms with Crippen molar-refractivity contribution >= 4 is 27.3 Å². The molecule has 4 nitrogen and oxygen atoms in total. The van der Waals surface area contributed by atoms with Crippen molar-refractivity contribution in [3.63, 3.8) is 0 Å². The van der Waals surface area contributed by atoms with Gasteiger partial charge < -0.3 is 4.42 Å². The van der Waals surface area contributed by atoms with Gasteiger partial charge in [-0.2, -0.15) is 0 Å². The summed E-state index contributed by atoms with van der Waals surface area (Å²) in [5, 5.41) is 0. The maximum atomic E-state index is 5.91. The number of oxazole rings is 1. The Labute approximate surface area is 150 Å². The Kier molecular flexibility index (Phi) is 5.26. The molecular weight excluding hydrogens is 374 g/mol. The predicted octanol–water partition coefficient (Wildman–Crippen LogP) is 4.11. The monoisotopic (exact) mass is 397 g/mol. The van der Waals surface area contributed by atoms with Gasteiger partial charge in [0.15, 0.2) is 0 Å². The molecule has 0 spiro atoms. The fraction of sp³-hybridized carbons (Fsp3) is 0.588. The molecule has 0 N–H and O–H groups in total. The molecule has 0 unspecified atom stereocenters. The molecule has 3 heterocycles. The van der Waals surface area contributed by atoms with Crippen molar-refractivity contribution in [2.45, 2.75) is 39.3 Å². The zero-order valence-corrected chi connectivity index (χ0v) is 16.4. The van der Waals surface area contributed by atoms with Crippen molar-refractivity contribution in [1.82, 2.24) is 14.8 Å². The van der Waals surface area contributed by atoms with Gasteiger partial charge in [0.25, 0.3) is 0 Å². The van der Waals surface area contributed by atoms with Crippen LogP contribution in [0.4, 0.5) is 0 Å². The summed E-state index contributed by atoms with van der Waals surface area (Å²) in [6.07, 6.45) is 1.88. The summed E-state index contributed by atoms with van der Waals surface area (Å²) in [6.45, 7) is 12.7. The lowest BCUT2D eigenvalue weighted by Gasteiger charge is -2.33. The molecule has 2 aromatic rings. The standard InChI is InChI=1S/C17H24BrN3OS/c1-17(2,3)14-10-19-16(22-14)12-21-8-6-20(7-9-21)11-13-4-5-15(18)23-13/h4-5,10H,6-9,11-12H2,1-3H3. The first-order valence-corrected chi connectivity index (χ1v) is 9.65. The molecule has 23 heavy (non-hydrogen) atoms. The van der Waals surface area contributed by atoms with Crippen LogP contribution >= 0.6 is 27.3 Å². The first-order valence-electron chi connectivity index (χ1n) is 8.04. The first-order chi connectivity index (χ1) is 10.9. The number of halogens is 1. The predicted molar refractivity (Wildman–Crippen MR) is 97.8 cm³/mol. The van der Waals surface area contributed by atoms with E-state index >= 15 is 0 Å². The lowest BCUT2D eigenvalue weighted by Crippen LogP contribution is -2.45. The van der Waals surface area contributed by atoms with E-state index in [1.807, 2.05) is 17.5 Å². The molecular formula is C17H24BrN3OS. The molecule has 126 valence electrons. The molecule has 0 saturated carbocycles. The van der Waals surface area contributed by atoms with Gasteiger partial charge in [-0.15, -0.1) is 11.3 Å². The summed E-state index contributed by atoms with van der Waals surface area (Å²) in [7, 11) is 0. The largest absolute Gasteiger partial charge is 0.444 e. The molecule has 2 aromatic heterocycles. The topological polar surface area (TPSA) is 32.5 Å². The lowest BCUT2D eigenvalue weighted by atomic mass is 9.94. The molecule has 0 radical (unpaired) electrons. The van der Waals surface area contributed by atoms with Crippen LogP contribution in [0.25, 0.3) is 0 Å². The fourth-order valence-corrected chi connectivity index (χ4v) is 4.21. The molecule has 1 fully saturated rings. The Morgan fingerprint density at radius 3 is 2.30 bits per heavy atom. The first kappa shape index (κ1) is 17.1. The van der Waals surface area contributed by atoms with Crippen LogP contribution in [0.15, 0.2) is 26.5 Å². The second-order valence-corrected chi connectivity index (χ2v) is 9.67. The van der Waals surface area contributed by atoms with E-state index in [1.54, 1.807) is 0 Å². The minimum Gasteiger partial charge on any atom is -0.444 e. The molecule has 1 aliphatic rings. The van der Waals surface area contributed by atoms with Gasteiger partial charge in [0.2, 0.25) is 5.89 Å².